The smallest absolute Gasteiger partial charge is 0.164 e. The molecule has 0 unspecified atom stereocenters. The summed E-state index contributed by atoms with van der Waals surface area (Å²) in [5.74, 6) is 0.258. The Bertz CT molecular complexity index is 328. The molecule has 0 saturated carbocycles. The fourth-order valence-electron chi connectivity index (χ4n) is 1.69. The molecule has 1 heterocycles. The standard InChI is InChI=1S/C13H22N2O/c1-4-6-13(16)12-7-10-15(11-12)9-5-8-14(2)3/h7,10-11H,4-6,8-9H2,1-3H3. The highest BCUT2D eigenvalue weighted by atomic mass is 16.1. The lowest BCUT2D eigenvalue weighted by Gasteiger charge is -2.09. The number of aryl methyl sites for hydroxylation is 1. The van der Waals surface area contributed by atoms with Crippen LogP contribution < -0.4 is 0 Å². The van der Waals surface area contributed by atoms with Gasteiger partial charge in [-0.2, -0.15) is 0 Å². The molecule has 16 heavy (non-hydrogen) atoms. The minimum atomic E-state index is 0.258. The number of ketones is 1. The van der Waals surface area contributed by atoms with Gasteiger partial charge in [-0.1, -0.05) is 6.92 Å². The molecule has 0 bridgehead atoms. The number of rotatable bonds is 7. The molecule has 0 fully saturated rings. The first-order chi connectivity index (χ1) is 7.63. The van der Waals surface area contributed by atoms with Gasteiger partial charge in [-0.05, 0) is 39.5 Å². The van der Waals surface area contributed by atoms with Gasteiger partial charge >= 0.3 is 0 Å². The van der Waals surface area contributed by atoms with Gasteiger partial charge in [0, 0.05) is 30.9 Å². The molecule has 1 aromatic heterocycles. The molecule has 0 spiro atoms. The first kappa shape index (κ1) is 13.0. The van der Waals surface area contributed by atoms with E-state index in [9.17, 15) is 4.79 Å². The zero-order valence-corrected chi connectivity index (χ0v) is 10.6. The van der Waals surface area contributed by atoms with E-state index in [2.05, 4.69) is 23.6 Å². The van der Waals surface area contributed by atoms with E-state index in [0.29, 0.717) is 6.42 Å². The van der Waals surface area contributed by atoms with Gasteiger partial charge in [0.2, 0.25) is 0 Å². The van der Waals surface area contributed by atoms with Gasteiger partial charge in [0.1, 0.15) is 0 Å². The van der Waals surface area contributed by atoms with Crippen LogP contribution >= 0.6 is 0 Å². The van der Waals surface area contributed by atoms with Crippen LogP contribution in [0, 0.1) is 0 Å². The molecule has 0 radical (unpaired) electrons. The molecule has 3 nitrogen and oxygen atoms in total. The molecule has 0 aliphatic heterocycles. The van der Waals surface area contributed by atoms with Crippen LogP contribution in [0.25, 0.3) is 0 Å². The normalized spacial score (nSPS) is 11.0. The average Bonchev–Trinajstić information content (AvgIpc) is 2.66. The zero-order valence-electron chi connectivity index (χ0n) is 10.6. The number of Topliss-reactive ketones (excluding diaryl/α,β-unsaturated/α-hetero) is 1. The molecular weight excluding hydrogens is 200 g/mol. The summed E-state index contributed by atoms with van der Waals surface area (Å²) in [6, 6.07) is 1.92. The van der Waals surface area contributed by atoms with Crippen molar-refractivity contribution in [3.8, 4) is 0 Å². The summed E-state index contributed by atoms with van der Waals surface area (Å²) in [4.78, 5) is 13.8. The Kier molecular flexibility index (Phi) is 5.26. The van der Waals surface area contributed by atoms with Gasteiger partial charge < -0.3 is 9.47 Å². The van der Waals surface area contributed by atoms with Crippen LogP contribution in [0.4, 0.5) is 0 Å². The lowest BCUT2D eigenvalue weighted by molar-refractivity contribution is 0.0981. The Hall–Kier alpha value is -1.09. The largest absolute Gasteiger partial charge is 0.353 e. The summed E-state index contributed by atoms with van der Waals surface area (Å²) < 4.78 is 2.10. The highest BCUT2D eigenvalue weighted by Crippen LogP contribution is 2.07. The molecule has 0 N–H and O–H groups in total. The van der Waals surface area contributed by atoms with Gasteiger partial charge in [-0.3, -0.25) is 4.79 Å². The van der Waals surface area contributed by atoms with E-state index in [1.54, 1.807) is 0 Å². The molecule has 0 amide bonds. The molecule has 0 aliphatic carbocycles. The fourth-order valence-corrected chi connectivity index (χ4v) is 1.69. The predicted molar refractivity (Wildman–Crippen MR) is 66.8 cm³/mol. The SMILES string of the molecule is CCCC(=O)c1ccn(CCCN(C)C)c1. The van der Waals surface area contributed by atoms with Gasteiger partial charge in [0.25, 0.3) is 0 Å². The third-order valence-corrected chi connectivity index (χ3v) is 2.57. The number of hydrogen-bond acceptors (Lipinski definition) is 2. The van der Waals surface area contributed by atoms with Gasteiger partial charge in [0.05, 0.1) is 0 Å². The summed E-state index contributed by atoms with van der Waals surface area (Å²) in [5.41, 5.74) is 0.853. The second-order valence-electron chi connectivity index (χ2n) is 4.47. The van der Waals surface area contributed by atoms with E-state index in [4.69, 9.17) is 0 Å². The van der Waals surface area contributed by atoms with Crippen molar-refractivity contribution in [3.63, 3.8) is 0 Å². The maximum absolute atomic E-state index is 11.6. The van der Waals surface area contributed by atoms with E-state index in [-0.39, 0.29) is 5.78 Å². The van der Waals surface area contributed by atoms with Crippen molar-refractivity contribution in [1.82, 2.24) is 9.47 Å². The second-order valence-corrected chi connectivity index (χ2v) is 4.47. The quantitative estimate of drug-likeness (QED) is 0.662. The molecule has 1 aromatic rings. The van der Waals surface area contributed by atoms with Crippen LogP contribution in [0.15, 0.2) is 18.5 Å². The van der Waals surface area contributed by atoms with Crippen LogP contribution in [0.5, 0.6) is 0 Å². The number of hydrogen-bond donors (Lipinski definition) is 0. The maximum atomic E-state index is 11.6. The van der Waals surface area contributed by atoms with E-state index < -0.39 is 0 Å². The van der Waals surface area contributed by atoms with Crippen molar-refractivity contribution < 1.29 is 4.79 Å². The molecule has 0 atom stereocenters. The van der Waals surface area contributed by atoms with Crippen molar-refractivity contribution in [3.05, 3.63) is 24.0 Å². The summed E-state index contributed by atoms with van der Waals surface area (Å²) in [6.45, 7) is 4.10. The van der Waals surface area contributed by atoms with Crippen molar-refractivity contribution in [2.75, 3.05) is 20.6 Å². The van der Waals surface area contributed by atoms with Crippen LogP contribution in [-0.4, -0.2) is 35.9 Å². The highest BCUT2D eigenvalue weighted by molar-refractivity contribution is 5.95. The Morgan fingerprint density at radius 1 is 1.44 bits per heavy atom. The first-order valence-electron chi connectivity index (χ1n) is 5.97. The zero-order chi connectivity index (χ0) is 12.0. The Labute approximate surface area is 98.1 Å². The van der Waals surface area contributed by atoms with Crippen molar-refractivity contribution in [2.24, 2.45) is 0 Å². The molecule has 3 heteroatoms. The Balaban J connectivity index is 2.42. The van der Waals surface area contributed by atoms with Crippen LogP contribution in [0.2, 0.25) is 0 Å². The second kappa shape index (κ2) is 6.48. The van der Waals surface area contributed by atoms with Crippen LogP contribution in [-0.2, 0) is 6.54 Å². The van der Waals surface area contributed by atoms with E-state index in [1.807, 2.05) is 25.4 Å². The van der Waals surface area contributed by atoms with E-state index in [0.717, 1.165) is 31.5 Å². The Morgan fingerprint density at radius 2 is 2.19 bits per heavy atom. The molecule has 90 valence electrons. The summed E-state index contributed by atoms with van der Waals surface area (Å²) in [7, 11) is 4.15. The van der Waals surface area contributed by atoms with Crippen molar-refractivity contribution in [2.45, 2.75) is 32.7 Å². The van der Waals surface area contributed by atoms with Gasteiger partial charge in [-0.15, -0.1) is 0 Å². The summed E-state index contributed by atoms with van der Waals surface area (Å²) in [6.07, 6.45) is 6.65. The third kappa shape index (κ3) is 4.19. The number of nitrogens with zero attached hydrogens (tertiary/aromatic N) is 2. The highest BCUT2D eigenvalue weighted by Gasteiger charge is 2.05. The lowest BCUT2D eigenvalue weighted by atomic mass is 10.1. The maximum Gasteiger partial charge on any atom is 0.164 e. The average molecular weight is 222 g/mol. The first-order valence-corrected chi connectivity index (χ1v) is 5.97. The molecule has 0 saturated heterocycles. The monoisotopic (exact) mass is 222 g/mol. The predicted octanol–water partition coefficient (Wildman–Crippen LogP) is 2.42. The molecule has 0 aromatic carbocycles. The summed E-state index contributed by atoms with van der Waals surface area (Å²) >= 11 is 0. The molecular formula is C13H22N2O. The number of carbonyl (C=O) groups excluding carboxylic acids is 1. The van der Waals surface area contributed by atoms with Crippen molar-refractivity contribution in [1.29, 1.82) is 0 Å². The van der Waals surface area contributed by atoms with Crippen LogP contribution in [0.3, 0.4) is 0 Å². The number of aromatic nitrogens is 1. The van der Waals surface area contributed by atoms with Crippen molar-refractivity contribution >= 4 is 5.78 Å². The topological polar surface area (TPSA) is 25.2 Å². The number of carbonyl (C=O) groups is 1. The summed E-state index contributed by atoms with van der Waals surface area (Å²) in [5, 5.41) is 0. The minimum absolute atomic E-state index is 0.258. The fraction of sp³-hybridized carbons (Fsp3) is 0.615. The van der Waals surface area contributed by atoms with Crippen LogP contribution in [0.1, 0.15) is 36.5 Å². The van der Waals surface area contributed by atoms with E-state index in [1.165, 1.54) is 0 Å². The third-order valence-electron chi connectivity index (χ3n) is 2.57. The molecule has 1 rings (SSSR count). The Morgan fingerprint density at radius 3 is 2.81 bits per heavy atom. The van der Waals surface area contributed by atoms with Gasteiger partial charge in [-0.25, -0.2) is 0 Å². The van der Waals surface area contributed by atoms with E-state index >= 15 is 0 Å². The lowest BCUT2D eigenvalue weighted by Crippen LogP contribution is -2.14. The minimum Gasteiger partial charge on any atom is -0.353 e. The van der Waals surface area contributed by atoms with Gasteiger partial charge in [0.15, 0.2) is 5.78 Å². The molecule has 0 aliphatic rings.